The van der Waals surface area contributed by atoms with Gasteiger partial charge in [-0.15, -0.1) is 0 Å². The van der Waals surface area contributed by atoms with Crippen LogP contribution in [-0.4, -0.2) is 29.9 Å². The number of amides is 2. The quantitative estimate of drug-likeness (QED) is 0.754. The van der Waals surface area contributed by atoms with E-state index in [0.29, 0.717) is 15.9 Å². The fraction of sp³-hybridized carbons (Fsp3) is 0.300. The van der Waals surface area contributed by atoms with Gasteiger partial charge in [-0.1, -0.05) is 0 Å². The summed E-state index contributed by atoms with van der Waals surface area (Å²) in [6.07, 6.45) is 1.57. The van der Waals surface area contributed by atoms with Gasteiger partial charge in [0.2, 0.25) is 5.91 Å². The Morgan fingerprint density at radius 3 is 2.71 bits per heavy atom. The normalized spacial score (nSPS) is 11.7. The highest BCUT2D eigenvalue weighted by Crippen LogP contribution is 2.17. The van der Waals surface area contributed by atoms with E-state index in [1.165, 1.54) is 6.92 Å². The first-order valence-corrected chi connectivity index (χ1v) is 5.68. The summed E-state index contributed by atoms with van der Waals surface area (Å²) in [6.45, 7) is 1.52. The smallest absolute Gasteiger partial charge is 0.255 e. The van der Waals surface area contributed by atoms with Crippen LogP contribution in [0, 0.1) is 0 Å². The van der Waals surface area contributed by atoms with Gasteiger partial charge in [-0.05, 0) is 28.9 Å². The minimum Gasteiger partial charge on any atom is -0.372 e. The van der Waals surface area contributed by atoms with E-state index in [-0.39, 0.29) is 0 Å². The molecule has 0 fully saturated rings. The number of anilines is 1. The lowest BCUT2D eigenvalue weighted by atomic mass is 10.2. The molecule has 7 heteroatoms. The van der Waals surface area contributed by atoms with Crippen LogP contribution in [0.5, 0.6) is 0 Å². The fourth-order valence-electron chi connectivity index (χ4n) is 1.16. The molecule has 1 atom stereocenters. The van der Waals surface area contributed by atoms with Crippen LogP contribution < -0.4 is 16.4 Å². The average Bonchev–Trinajstić information content (AvgIpc) is 2.28. The lowest BCUT2D eigenvalue weighted by Gasteiger charge is -2.12. The summed E-state index contributed by atoms with van der Waals surface area (Å²) in [5.41, 5.74) is 5.41. The van der Waals surface area contributed by atoms with Crippen molar-refractivity contribution in [1.29, 1.82) is 0 Å². The number of nitrogens with zero attached hydrogens (tertiary/aromatic N) is 1. The number of nitrogens with two attached hydrogens (primary N) is 1. The van der Waals surface area contributed by atoms with Crippen molar-refractivity contribution < 1.29 is 9.59 Å². The number of aromatic nitrogens is 1. The Bertz CT molecular complexity index is 450. The number of hydrogen-bond acceptors (Lipinski definition) is 4. The Labute approximate surface area is 107 Å². The summed E-state index contributed by atoms with van der Waals surface area (Å²) in [5, 5.41) is 5.28. The molecule has 92 valence electrons. The number of nitrogens with one attached hydrogen (secondary N) is 2. The van der Waals surface area contributed by atoms with E-state index in [1.807, 2.05) is 0 Å². The second-order valence-electron chi connectivity index (χ2n) is 3.40. The summed E-state index contributed by atoms with van der Waals surface area (Å²) in [4.78, 5) is 26.8. The van der Waals surface area contributed by atoms with Crippen molar-refractivity contribution >= 4 is 33.6 Å². The summed E-state index contributed by atoms with van der Waals surface area (Å²) in [5.74, 6) is -0.566. The average molecular weight is 301 g/mol. The minimum atomic E-state index is -0.730. The molecule has 1 heterocycles. The number of halogens is 1. The maximum absolute atomic E-state index is 11.9. The lowest BCUT2D eigenvalue weighted by molar-refractivity contribution is -0.119. The third-order valence-electron chi connectivity index (χ3n) is 2.11. The number of rotatable bonds is 4. The first kappa shape index (κ1) is 13.4. The fourth-order valence-corrected chi connectivity index (χ4v) is 1.49. The lowest BCUT2D eigenvalue weighted by Crippen LogP contribution is -2.42. The summed E-state index contributed by atoms with van der Waals surface area (Å²) in [7, 11) is 1.66. The van der Waals surface area contributed by atoms with Crippen LogP contribution in [0.15, 0.2) is 16.7 Å². The van der Waals surface area contributed by atoms with E-state index in [1.54, 1.807) is 19.3 Å². The minimum absolute atomic E-state index is 0.343. The van der Waals surface area contributed by atoms with E-state index in [4.69, 9.17) is 5.73 Å². The molecule has 0 bridgehead atoms. The van der Waals surface area contributed by atoms with Gasteiger partial charge in [0.05, 0.1) is 5.56 Å². The largest absolute Gasteiger partial charge is 0.372 e. The molecule has 4 N–H and O–H groups in total. The SMILES string of the molecule is CNc1ncc(Br)cc1C(=O)NC(C)C(N)=O. The van der Waals surface area contributed by atoms with Crippen molar-refractivity contribution in [3.8, 4) is 0 Å². The highest BCUT2D eigenvalue weighted by atomic mass is 79.9. The molecule has 1 unspecified atom stereocenters. The first-order chi connectivity index (χ1) is 7.95. The van der Waals surface area contributed by atoms with Gasteiger partial charge in [0.1, 0.15) is 11.9 Å². The number of pyridine rings is 1. The maximum atomic E-state index is 11.9. The molecule has 0 aliphatic heterocycles. The van der Waals surface area contributed by atoms with E-state index in [9.17, 15) is 9.59 Å². The van der Waals surface area contributed by atoms with Crippen LogP contribution in [-0.2, 0) is 4.79 Å². The summed E-state index contributed by atoms with van der Waals surface area (Å²) < 4.78 is 0.674. The zero-order valence-corrected chi connectivity index (χ0v) is 11.0. The molecule has 17 heavy (non-hydrogen) atoms. The van der Waals surface area contributed by atoms with Gasteiger partial charge in [-0.25, -0.2) is 4.98 Å². The van der Waals surface area contributed by atoms with Crippen molar-refractivity contribution in [3.63, 3.8) is 0 Å². The van der Waals surface area contributed by atoms with Gasteiger partial charge < -0.3 is 16.4 Å². The molecule has 1 rings (SSSR count). The second kappa shape index (κ2) is 5.62. The van der Waals surface area contributed by atoms with Crippen LogP contribution >= 0.6 is 15.9 Å². The van der Waals surface area contributed by atoms with E-state index in [0.717, 1.165) is 0 Å². The van der Waals surface area contributed by atoms with Crippen LogP contribution in [0.3, 0.4) is 0 Å². The topological polar surface area (TPSA) is 97.1 Å². The number of hydrogen-bond donors (Lipinski definition) is 3. The first-order valence-electron chi connectivity index (χ1n) is 4.89. The Morgan fingerprint density at radius 1 is 1.53 bits per heavy atom. The van der Waals surface area contributed by atoms with Gasteiger partial charge in [0.15, 0.2) is 0 Å². The Morgan fingerprint density at radius 2 is 2.18 bits per heavy atom. The molecule has 1 aromatic heterocycles. The zero-order chi connectivity index (χ0) is 13.0. The van der Waals surface area contributed by atoms with Crippen molar-refractivity contribution in [2.24, 2.45) is 5.73 Å². The van der Waals surface area contributed by atoms with Gasteiger partial charge in [-0.2, -0.15) is 0 Å². The van der Waals surface area contributed by atoms with Crippen molar-refractivity contribution in [3.05, 3.63) is 22.3 Å². The Hall–Kier alpha value is -1.63. The third kappa shape index (κ3) is 3.42. The van der Waals surface area contributed by atoms with E-state index in [2.05, 4.69) is 31.5 Å². The molecule has 0 aliphatic rings. The van der Waals surface area contributed by atoms with Crippen LogP contribution in [0.1, 0.15) is 17.3 Å². The van der Waals surface area contributed by atoms with Gasteiger partial charge in [0, 0.05) is 17.7 Å². The van der Waals surface area contributed by atoms with Crippen LogP contribution in [0.2, 0.25) is 0 Å². The van der Waals surface area contributed by atoms with Gasteiger partial charge in [-0.3, -0.25) is 9.59 Å². The Kier molecular flexibility index (Phi) is 4.45. The molecule has 1 aromatic rings. The predicted octanol–water partition coefficient (Wildman–Crippen LogP) is 0.489. The summed E-state index contributed by atoms with van der Waals surface area (Å²) in [6, 6.07) is 0.883. The van der Waals surface area contributed by atoms with Crippen molar-refractivity contribution in [2.75, 3.05) is 12.4 Å². The molecule has 0 spiro atoms. The predicted molar refractivity (Wildman–Crippen MR) is 67.6 cm³/mol. The maximum Gasteiger partial charge on any atom is 0.255 e. The Balaban J connectivity index is 2.95. The molecular weight excluding hydrogens is 288 g/mol. The van der Waals surface area contributed by atoms with Crippen molar-refractivity contribution in [2.45, 2.75) is 13.0 Å². The molecule has 0 radical (unpaired) electrons. The highest BCUT2D eigenvalue weighted by Gasteiger charge is 2.17. The van der Waals surface area contributed by atoms with Crippen LogP contribution in [0.4, 0.5) is 5.82 Å². The van der Waals surface area contributed by atoms with Gasteiger partial charge >= 0.3 is 0 Å². The van der Waals surface area contributed by atoms with Crippen LogP contribution in [0.25, 0.3) is 0 Å². The number of carbonyl (C=O) groups is 2. The summed E-state index contributed by atoms with van der Waals surface area (Å²) >= 11 is 3.23. The molecule has 0 saturated heterocycles. The van der Waals surface area contributed by atoms with E-state index < -0.39 is 17.9 Å². The molecule has 0 aromatic carbocycles. The standard InChI is InChI=1S/C10H13BrN4O2/c1-5(8(12)16)15-10(17)7-3-6(11)4-14-9(7)13-2/h3-5H,1-2H3,(H2,12,16)(H,13,14)(H,15,17). The molecular formula is C10H13BrN4O2. The monoisotopic (exact) mass is 300 g/mol. The number of carbonyl (C=O) groups excluding carboxylic acids is 2. The molecule has 6 nitrogen and oxygen atoms in total. The third-order valence-corrected chi connectivity index (χ3v) is 2.54. The zero-order valence-electron chi connectivity index (χ0n) is 9.45. The van der Waals surface area contributed by atoms with Gasteiger partial charge in [0.25, 0.3) is 5.91 Å². The highest BCUT2D eigenvalue weighted by molar-refractivity contribution is 9.10. The van der Waals surface area contributed by atoms with E-state index >= 15 is 0 Å². The molecule has 2 amide bonds. The number of primary amides is 1. The molecule has 0 aliphatic carbocycles. The second-order valence-corrected chi connectivity index (χ2v) is 4.31. The van der Waals surface area contributed by atoms with Crippen molar-refractivity contribution in [1.82, 2.24) is 10.3 Å². The molecule has 0 saturated carbocycles.